The van der Waals surface area contributed by atoms with Gasteiger partial charge in [0.25, 0.3) is 0 Å². The van der Waals surface area contributed by atoms with Crippen molar-refractivity contribution in [2.45, 2.75) is 13.8 Å². The molecule has 0 saturated heterocycles. The molecule has 0 bridgehead atoms. The van der Waals surface area contributed by atoms with Gasteiger partial charge in [-0.25, -0.2) is 0 Å². The molecule has 2 N–H and O–H groups in total. The third kappa shape index (κ3) is 4.62. The van der Waals surface area contributed by atoms with E-state index in [0.29, 0.717) is 12.1 Å². The van der Waals surface area contributed by atoms with E-state index in [1.807, 2.05) is 0 Å². The largest absolute Gasteiger partial charge is 0.480 e. The van der Waals surface area contributed by atoms with Gasteiger partial charge in [-0.1, -0.05) is 6.08 Å². The number of ketones is 1. The lowest BCUT2D eigenvalue weighted by molar-refractivity contribution is -0.136. The fraction of sp³-hybridized carbons (Fsp3) is 0.500. The van der Waals surface area contributed by atoms with Crippen LogP contribution in [0.2, 0.25) is 0 Å². The van der Waals surface area contributed by atoms with Crippen molar-refractivity contribution in [1.82, 2.24) is 5.32 Å². The zero-order valence-electron chi connectivity index (χ0n) is 7.26. The van der Waals surface area contributed by atoms with Crippen LogP contribution in [0, 0.1) is 0 Å². The Labute approximate surface area is 71.3 Å². The SMILES string of the molecule is C/C=C(/CNCC(=O)O)C(C)=O. The molecular formula is C8H13NO3. The zero-order chi connectivity index (χ0) is 9.56. The first-order valence-corrected chi connectivity index (χ1v) is 3.66. The summed E-state index contributed by atoms with van der Waals surface area (Å²) in [5, 5.41) is 10.9. The first kappa shape index (κ1) is 10.8. The zero-order valence-corrected chi connectivity index (χ0v) is 7.26. The van der Waals surface area contributed by atoms with Crippen LogP contribution in [0.15, 0.2) is 11.6 Å². The normalized spacial score (nSPS) is 11.3. The predicted molar refractivity (Wildman–Crippen MR) is 44.9 cm³/mol. The summed E-state index contributed by atoms with van der Waals surface area (Å²) in [6, 6.07) is 0. The van der Waals surface area contributed by atoms with Crippen molar-refractivity contribution in [1.29, 1.82) is 0 Å². The molecule has 0 aromatic heterocycles. The number of nitrogens with one attached hydrogen (secondary N) is 1. The summed E-state index contributed by atoms with van der Waals surface area (Å²) in [5.74, 6) is -0.954. The highest BCUT2D eigenvalue weighted by atomic mass is 16.4. The number of hydrogen-bond acceptors (Lipinski definition) is 3. The van der Waals surface area contributed by atoms with Crippen molar-refractivity contribution >= 4 is 11.8 Å². The number of carbonyl (C=O) groups is 2. The van der Waals surface area contributed by atoms with Gasteiger partial charge in [-0.05, 0) is 13.8 Å². The lowest BCUT2D eigenvalue weighted by Gasteiger charge is -2.02. The van der Waals surface area contributed by atoms with Crippen LogP contribution in [-0.2, 0) is 9.59 Å². The van der Waals surface area contributed by atoms with Crippen molar-refractivity contribution in [3.8, 4) is 0 Å². The molecule has 0 aromatic rings. The molecule has 0 fully saturated rings. The summed E-state index contributed by atoms with van der Waals surface area (Å²) in [7, 11) is 0. The molecule has 0 heterocycles. The highest BCUT2D eigenvalue weighted by molar-refractivity contribution is 5.93. The number of Topliss-reactive ketones (excluding diaryl/α,β-unsaturated/α-hetero) is 1. The lowest BCUT2D eigenvalue weighted by Crippen LogP contribution is -2.26. The Morgan fingerprint density at radius 3 is 2.33 bits per heavy atom. The summed E-state index contributed by atoms with van der Waals surface area (Å²) in [6.45, 7) is 3.40. The average molecular weight is 171 g/mol. The van der Waals surface area contributed by atoms with Crippen LogP contribution in [0.25, 0.3) is 0 Å². The van der Waals surface area contributed by atoms with Crippen LogP contribution in [0.4, 0.5) is 0 Å². The van der Waals surface area contributed by atoms with E-state index in [4.69, 9.17) is 5.11 Å². The Kier molecular flexibility index (Phi) is 4.96. The molecule has 0 aliphatic heterocycles. The number of carbonyl (C=O) groups excluding carboxylic acids is 1. The van der Waals surface area contributed by atoms with Gasteiger partial charge in [-0.3, -0.25) is 9.59 Å². The number of hydrogen-bond donors (Lipinski definition) is 2. The van der Waals surface area contributed by atoms with E-state index in [0.717, 1.165) is 0 Å². The van der Waals surface area contributed by atoms with Crippen molar-refractivity contribution in [2.24, 2.45) is 0 Å². The predicted octanol–water partition coefficient (Wildman–Crippen LogP) is 0.196. The minimum Gasteiger partial charge on any atom is -0.480 e. The van der Waals surface area contributed by atoms with Crippen LogP contribution in [0.5, 0.6) is 0 Å². The molecule has 4 heteroatoms. The second kappa shape index (κ2) is 5.49. The molecule has 0 atom stereocenters. The Hall–Kier alpha value is -1.16. The molecule has 0 saturated carbocycles. The van der Waals surface area contributed by atoms with Crippen LogP contribution in [0.1, 0.15) is 13.8 Å². The molecule has 0 spiro atoms. The van der Waals surface area contributed by atoms with Gasteiger partial charge in [0.2, 0.25) is 0 Å². The van der Waals surface area contributed by atoms with E-state index in [9.17, 15) is 9.59 Å². The molecule has 0 rings (SSSR count). The topological polar surface area (TPSA) is 66.4 Å². The maximum Gasteiger partial charge on any atom is 0.317 e. The minimum absolute atomic E-state index is 0.0320. The van der Waals surface area contributed by atoms with E-state index in [2.05, 4.69) is 5.32 Å². The molecule has 68 valence electrons. The van der Waals surface area contributed by atoms with Gasteiger partial charge in [0.15, 0.2) is 5.78 Å². The summed E-state index contributed by atoms with van der Waals surface area (Å²) < 4.78 is 0. The Balaban J connectivity index is 3.76. The maximum atomic E-state index is 10.8. The lowest BCUT2D eigenvalue weighted by atomic mass is 10.2. The van der Waals surface area contributed by atoms with E-state index < -0.39 is 5.97 Å². The van der Waals surface area contributed by atoms with E-state index in [1.165, 1.54) is 6.92 Å². The number of aliphatic carboxylic acids is 1. The number of carboxylic acids is 1. The highest BCUT2D eigenvalue weighted by Crippen LogP contribution is 1.92. The maximum absolute atomic E-state index is 10.8. The van der Waals surface area contributed by atoms with Crippen LogP contribution in [0.3, 0.4) is 0 Å². The van der Waals surface area contributed by atoms with Crippen LogP contribution in [-0.4, -0.2) is 29.9 Å². The van der Waals surface area contributed by atoms with Gasteiger partial charge in [0, 0.05) is 12.1 Å². The smallest absolute Gasteiger partial charge is 0.317 e. The van der Waals surface area contributed by atoms with Crippen molar-refractivity contribution < 1.29 is 14.7 Å². The van der Waals surface area contributed by atoms with Crippen molar-refractivity contribution in [3.63, 3.8) is 0 Å². The minimum atomic E-state index is -0.922. The Morgan fingerprint density at radius 1 is 1.42 bits per heavy atom. The van der Waals surface area contributed by atoms with Gasteiger partial charge < -0.3 is 10.4 Å². The van der Waals surface area contributed by atoms with Gasteiger partial charge in [0.05, 0.1) is 6.54 Å². The molecule has 0 radical (unpaired) electrons. The monoisotopic (exact) mass is 171 g/mol. The van der Waals surface area contributed by atoms with Crippen LogP contribution < -0.4 is 5.32 Å². The molecule has 0 aliphatic rings. The van der Waals surface area contributed by atoms with Gasteiger partial charge in [0.1, 0.15) is 0 Å². The molecule has 12 heavy (non-hydrogen) atoms. The summed E-state index contributed by atoms with van der Waals surface area (Å²) in [6.07, 6.45) is 1.68. The molecular weight excluding hydrogens is 158 g/mol. The molecule has 4 nitrogen and oxygen atoms in total. The summed E-state index contributed by atoms with van der Waals surface area (Å²) in [4.78, 5) is 20.9. The van der Waals surface area contributed by atoms with Gasteiger partial charge in [-0.15, -0.1) is 0 Å². The third-order valence-electron chi connectivity index (χ3n) is 1.39. The Bertz CT molecular complexity index is 208. The number of rotatable bonds is 5. The van der Waals surface area contributed by atoms with Crippen molar-refractivity contribution in [2.75, 3.05) is 13.1 Å². The fourth-order valence-corrected chi connectivity index (χ4v) is 0.734. The van der Waals surface area contributed by atoms with Gasteiger partial charge in [-0.2, -0.15) is 0 Å². The standard InChI is InChI=1S/C8H13NO3/c1-3-7(6(2)10)4-9-5-8(11)12/h3,9H,4-5H2,1-2H3,(H,11,12)/b7-3-. The highest BCUT2D eigenvalue weighted by Gasteiger charge is 2.02. The van der Waals surface area contributed by atoms with Gasteiger partial charge >= 0.3 is 5.97 Å². The second-order valence-electron chi connectivity index (χ2n) is 2.37. The summed E-state index contributed by atoms with van der Waals surface area (Å²) in [5.41, 5.74) is 0.608. The molecule has 0 aliphatic carbocycles. The van der Waals surface area contributed by atoms with Crippen LogP contribution >= 0.6 is 0 Å². The average Bonchev–Trinajstić information content (AvgIpc) is 1.96. The molecule has 0 aromatic carbocycles. The molecule has 0 amide bonds. The van der Waals surface area contributed by atoms with E-state index in [-0.39, 0.29) is 12.3 Å². The first-order chi connectivity index (χ1) is 5.57. The number of allylic oxidation sites excluding steroid dienone is 1. The second-order valence-corrected chi connectivity index (χ2v) is 2.37. The molecule has 0 unspecified atom stereocenters. The number of carboxylic acid groups (broad SMARTS) is 1. The van der Waals surface area contributed by atoms with E-state index in [1.54, 1.807) is 13.0 Å². The summed E-state index contributed by atoms with van der Waals surface area (Å²) >= 11 is 0. The van der Waals surface area contributed by atoms with E-state index >= 15 is 0 Å². The third-order valence-corrected chi connectivity index (χ3v) is 1.39. The Morgan fingerprint density at radius 2 is 2.00 bits per heavy atom. The first-order valence-electron chi connectivity index (χ1n) is 3.66. The quantitative estimate of drug-likeness (QED) is 0.580. The van der Waals surface area contributed by atoms with Crippen molar-refractivity contribution in [3.05, 3.63) is 11.6 Å². The fourth-order valence-electron chi connectivity index (χ4n) is 0.734.